The highest BCUT2D eigenvalue weighted by atomic mass is 16.5. The van der Waals surface area contributed by atoms with E-state index in [4.69, 9.17) is 31.1 Å². The number of hydrogen-bond donors (Lipinski definition) is 3. The van der Waals surface area contributed by atoms with Gasteiger partial charge in [-0.25, -0.2) is 0 Å². The van der Waals surface area contributed by atoms with Crippen LogP contribution in [0.25, 0.3) is 0 Å². The third-order valence-electron chi connectivity index (χ3n) is 6.06. The number of morpholine rings is 1. The molecular formula is C26H33N5O3. The fourth-order valence-corrected chi connectivity index (χ4v) is 3.78. The number of hydrogen-bond acceptors (Lipinski definition) is 7. The first-order chi connectivity index (χ1) is 16.4. The highest BCUT2D eigenvalue weighted by Crippen LogP contribution is 2.40. The zero-order valence-corrected chi connectivity index (χ0v) is 19.8. The van der Waals surface area contributed by atoms with Crippen molar-refractivity contribution in [3.8, 4) is 11.5 Å². The van der Waals surface area contributed by atoms with Crippen LogP contribution < -0.4 is 20.9 Å². The monoisotopic (exact) mass is 463 g/mol. The molecule has 1 unspecified atom stereocenters. The Labute approximate surface area is 200 Å². The van der Waals surface area contributed by atoms with Crippen LogP contribution in [0.5, 0.6) is 11.5 Å². The van der Waals surface area contributed by atoms with Gasteiger partial charge in [0.15, 0.2) is 0 Å². The molecule has 0 radical (unpaired) electrons. The predicted molar refractivity (Wildman–Crippen MR) is 135 cm³/mol. The number of nitrogens with one attached hydrogen (secondary N) is 1. The van der Waals surface area contributed by atoms with Gasteiger partial charge in [0.2, 0.25) is 0 Å². The molecule has 0 spiro atoms. The first-order valence-corrected chi connectivity index (χ1v) is 11.5. The minimum Gasteiger partial charge on any atom is -0.491 e. The molecule has 1 aliphatic heterocycles. The van der Waals surface area contributed by atoms with E-state index in [0.29, 0.717) is 49.1 Å². The summed E-state index contributed by atoms with van der Waals surface area (Å²) in [5.41, 5.74) is 13.8. The average molecular weight is 464 g/mol. The molecule has 0 bridgehead atoms. The number of para-hydroxylation sites is 1. The molecular weight excluding hydrogens is 430 g/mol. The summed E-state index contributed by atoms with van der Waals surface area (Å²) in [5, 5.41) is 8.66. The normalized spacial score (nSPS) is 20.1. The van der Waals surface area contributed by atoms with Crippen molar-refractivity contribution in [1.82, 2.24) is 4.90 Å². The first kappa shape index (κ1) is 23.6. The van der Waals surface area contributed by atoms with E-state index in [1.54, 1.807) is 25.3 Å². The SMILES string of the molecule is CN=C(C=C(N)C(=N)c1cc(OC2(C)CC2)ccc1N)N1CCOC(COc2ccccc2)C1. The number of nitrogens with two attached hydrogens (primary N) is 2. The van der Waals surface area contributed by atoms with Crippen LogP contribution in [0.4, 0.5) is 5.69 Å². The molecule has 4 rings (SSSR count). The van der Waals surface area contributed by atoms with Gasteiger partial charge in [-0.1, -0.05) is 18.2 Å². The van der Waals surface area contributed by atoms with E-state index in [1.807, 2.05) is 36.4 Å². The van der Waals surface area contributed by atoms with Crippen molar-refractivity contribution in [3.63, 3.8) is 0 Å². The Balaban J connectivity index is 1.42. The molecule has 1 saturated heterocycles. The van der Waals surface area contributed by atoms with Gasteiger partial charge in [-0.2, -0.15) is 0 Å². The van der Waals surface area contributed by atoms with Crippen LogP contribution in [-0.2, 0) is 4.74 Å². The molecule has 0 aromatic heterocycles. The summed E-state index contributed by atoms with van der Waals surface area (Å²) in [6, 6.07) is 15.1. The molecule has 2 fully saturated rings. The molecule has 5 N–H and O–H groups in total. The van der Waals surface area contributed by atoms with Crippen molar-refractivity contribution in [3.05, 3.63) is 65.9 Å². The van der Waals surface area contributed by atoms with E-state index in [9.17, 15) is 0 Å². The third kappa shape index (κ3) is 5.88. The van der Waals surface area contributed by atoms with Crippen molar-refractivity contribution >= 4 is 17.2 Å². The molecule has 2 aliphatic rings. The summed E-state index contributed by atoms with van der Waals surface area (Å²) in [6.07, 6.45) is 3.67. The van der Waals surface area contributed by atoms with Gasteiger partial charge < -0.3 is 30.6 Å². The van der Waals surface area contributed by atoms with Gasteiger partial charge in [0, 0.05) is 37.5 Å². The summed E-state index contributed by atoms with van der Waals surface area (Å²) >= 11 is 0. The van der Waals surface area contributed by atoms with Gasteiger partial charge in [0.1, 0.15) is 35.6 Å². The Morgan fingerprint density at radius 2 is 2.00 bits per heavy atom. The molecule has 1 atom stereocenters. The van der Waals surface area contributed by atoms with Gasteiger partial charge in [-0.05, 0) is 50.1 Å². The molecule has 1 heterocycles. The first-order valence-electron chi connectivity index (χ1n) is 11.5. The number of amidine groups is 1. The Hall–Kier alpha value is -3.52. The Morgan fingerprint density at radius 1 is 1.24 bits per heavy atom. The van der Waals surface area contributed by atoms with E-state index in [1.165, 1.54) is 0 Å². The maximum atomic E-state index is 8.66. The number of benzene rings is 2. The summed E-state index contributed by atoms with van der Waals surface area (Å²) in [6.45, 7) is 4.36. The molecule has 1 saturated carbocycles. The van der Waals surface area contributed by atoms with Crippen molar-refractivity contribution in [2.24, 2.45) is 10.7 Å². The lowest BCUT2D eigenvalue weighted by molar-refractivity contribution is -0.0284. The van der Waals surface area contributed by atoms with Gasteiger partial charge in [-0.3, -0.25) is 10.4 Å². The lowest BCUT2D eigenvalue weighted by Gasteiger charge is -2.34. The van der Waals surface area contributed by atoms with E-state index < -0.39 is 0 Å². The van der Waals surface area contributed by atoms with Crippen LogP contribution in [0.2, 0.25) is 0 Å². The van der Waals surface area contributed by atoms with Crippen LogP contribution in [0, 0.1) is 5.41 Å². The molecule has 8 nitrogen and oxygen atoms in total. The minimum absolute atomic E-state index is 0.104. The fourth-order valence-electron chi connectivity index (χ4n) is 3.78. The number of aliphatic imine (C=N–C) groups is 1. The number of ether oxygens (including phenoxy) is 3. The lowest BCUT2D eigenvalue weighted by Crippen LogP contribution is -2.47. The standard InChI is InChI=1S/C26H33N5O3/c1-26(10-11-26)34-19-8-9-22(27)21(14-19)25(29)23(28)15-24(30-2)31-12-13-32-20(16-31)17-33-18-6-4-3-5-7-18/h3-9,14-15,20,29H,10-13,16-17,27-28H2,1-2H3. The number of allylic oxidation sites excluding steroid dienone is 1. The van der Waals surface area contributed by atoms with E-state index >= 15 is 0 Å². The number of nitrogen functional groups attached to an aromatic ring is 1. The zero-order chi connectivity index (χ0) is 24.1. The van der Waals surface area contributed by atoms with Crippen LogP contribution in [0.3, 0.4) is 0 Å². The van der Waals surface area contributed by atoms with E-state index in [2.05, 4.69) is 16.8 Å². The molecule has 0 amide bonds. The molecule has 2 aromatic carbocycles. The quantitative estimate of drug-likeness (QED) is 0.314. The van der Waals surface area contributed by atoms with Crippen LogP contribution in [0.15, 0.2) is 65.3 Å². The van der Waals surface area contributed by atoms with Crippen molar-refractivity contribution in [2.75, 3.05) is 39.1 Å². The molecule has 34 heavy (non-hydrogen) atoms. The predicted octanol–water partition coefficient (Wildman–Crippen LogP) is 3.22. The summed E-state index contributed by atoms with van der Waals surface area (Å²) in [5.74, 6) is 2.19. The summed E-state index contributed by atoms with van der Waals surface area (Å²) in [4.78, 5) is 6.51. The molecule has 180 valence electrons. The third-order valence-corrected chi connectivity index (χ3v) is 6.06. The minimum atomic E-state index is -0.115. The molecule has 8 heteroatoms. The van der Waals surface area contributed by atoms with Crippen LogP contribution >= 0.6 is 0 Å². The highest BCUT2D eigenvalue weighted by molar-refractivity contribution is 6.15. The van der Waals surface area contributed by atoms with Crippen molar-refractivity contribution < 1.29 is 14.2 Å². The van der Waals surface area contributed by atoms with Gasteiger partial charge >= 0.3 is 0 Å². The Morgan fingerprint density at radius 3 is 2.71 bits per heavy atom. The van der Waals surface area contributed by atoms with E-state index in [-0.39, 0.29) is 23.1 Å². The number of nitrogens with zero attached hydrogens (tertiary/aromatic N) is 2. The Bertz CT molecular complexity index is 1080. The highest BCUT2D eigenvalue weighted by Gasteiger charge is 2.40. The Kier molecular flexibility index (Phi) is 7.07. The summed E-state index contributed by atoms with van der Waals surface area (Å²) < 4.78 is 17.8. The van der Waals surface area contributed by atoms with Gasteiger partial charge in [-0.15, -0.1) is 0 Å². The zero-order valence-electron chi connectivity index (χ0n) is 19.8. The maximum Gasteiger partial charge on any atom is 0.125 e. The lowest BCUT2D eigenvalue weighted by atomic mass is 10.0. The topological polar surface area (TPSA) is 119 Å². The van der Waals surface area contributed by atoms with Crippen LogP contribution in [0.1, 0.15) is 25.3 Å². The number of rotatable bonds is 8. The fraction of sp³-hybridized carbons (Fsp3) is 0.385. The molecule has 2 aromatic rings. The largest absolute Gasteiger partial charge is 0.491 e. The second-order valence-corrected chi connectivity index (χ2v) is 8.92. The van der Waals surface area contributed by atoms with Gasteiger partial charge in [0.25, 0.3) is 0 Å². The van der Waals surface area contributed by atoms with Crippen molar-refractivity contribution in [2.45, 2.75) is 31.5 Å². The van der Waals surface area contributed by atoms with Gasteiger partial charge in [0.05, 0.1) is 18.0 Å². The van der Waals surface area contributed by atoms with E-state index in [0.717, 1.165) is 18.6 Å². The van der Waals surface area contributed by atoms with Crippen LogP contribution in [-0.4, -0.2) is 61.5 Å². The summed E-state index contributed by atoms with van der Waals surface area (Å²) in [7, 11) is 1.72. The number of anilines is 1. The molecule has 1 aliphatic carbocycles. The average Bonchev–Trinajstić information content (AvgIpc) is 3.59. The second kappa shape index (κ2) is 10.2. The maximum absolute atomic E-state index is 8.66. The smallest absolute Gasteiger partial charge is 0.125 e. The second-order valence-electron chi connectivity index (χ2n) is 8.92. The van der Waals surface area contributed by atoms with Crippen molar-refractivity contribution in [1.29, 1.82) is 5.41 Å².